The number of nitrogens with zero attached hydrogens (tertiary/aromatic N) is 1. The highest BCUT2D eigenvalue weighted by Crippen LogP contribution is 2.31. The molecule has 2 aliphatic heterocycles. The highest BCUT2D eigenvalue weighted by atomic mass is 16.3. The molecule has 1 aromatic rings. The van der Waals surface area contributed by atoms with Crippen molar-refractivity contribution in [2.24, 2.45) is 0 Å². The van der Waals surface area contributed by atoms with Gasteiger partial charge in [0.1, 0.15) is 0 Å². The van der Waals surface area contributed by atoms with Crippen molar-refractivity contribution < 1.29 is 5.11 Å². The Morgan fingerprint density at radius 3 is 2.47 bits per heavy atom. The van der Waals surface area contributed by atoms with Gasteiger partial charge in [-0.05, 0) is 44.4 Å². The van der Waals surface area contributed by atoms with Crippen LogP contribution in [0.15, 0.2) is 30.3 Å². The summed E-state index contributed by atoms with van der Waals surface area (Å²) in [5.41, 5.74) is 0.785. The minimum atomic E-state index is -0.494. The summed E-state index contributed by atoms with van der Waals surface area (Å²) in [6.45, 7) is 2.98. The molecule has 104 valence electrons. The van der Waals surface area contributed by atoms with Crippen LogP contribution in [-0.2, 0) is 0 Å². The van der Waals surface area contributed by atoms with Crippen molar-refractivity contribution >= 4 is 5.69 Å². The Labute approximate surface area is 115 Å². The van der Waals surface area contributed by atoms with Gasteiger partial charge in [0.05, 0.1) is 5.60 Å². The predicted octanol–water partition coefficient (Wildman–Crippen LogP) is 2.16. The van der Waals surface area contributed by atoms with Gasteiger partial charge in [0.15, 0.2) is 0 Å². The summed E-state index contributed by atoms with van der Waals surface area (Å²) >= 11 is 0. The molecule has 0 radical (unpaired) electrons. The topological polar surface area (TPSA) is 35.5 Å². The molecule has 3 nitrogen and oxygen atoms in total. The van der Waals surface area contributed by atoms with Crippen molar-refractivity contribution in [2.45, 2.75) is 43.7 Å². The Morgan fingerprint density at radius 1 is 1.11 bits per heavy atom. The zero-order valence-electron chi connectivity index (χ0n) is 11.5. The Bertz CT molecular complexity index is 392. The highest BCUT2D eigenvalue weighted by Gasteiger charge is 2.39. The molecule has 0 aliphatic carbocycles. The fourth-order valence-corrected chi connectivity index (χ4v) is 3.45. The van der Waals surface area contributed by atoms with Crippen LogP contribution < -0.4 is 10.2 Å². The third-order valence-electron chi connectivity index (χ3n) is 4.71. The van der Waals surface area contributed by atoms with Gasteiger partial charge in [0.2, 0.25) is 0 Å². The molecule has 0 spiro atoms. The van der Waals surface area contributed by atoms with E-state index in [1.54, 1.807) is 0 Å². The molecule has 2 fully saturated rings. The molecule has 0 bridgehead atoms. The molecule has 0 amide bonds. The number of piperidine rings is 2. The van der Waals surface area contributed by atoms with Crippen LogP contribution in [0.25, 0.3) is 0 Å². The summed E-state index contributed by atoms with van der Waals surface area (Å²) in [5.74, 6) is 0. The minimum absolute atomic E-state index is 0.305. The van der Waals surface area contributed by atoms with Crippen LogP contribution >= 0.6 is 0 Å². The summed E-state index contributed by atoms with van der Waals surface area (Å²) in [4.78, 5) is 2.39. The predicted molar refractivity (Wildman–Crippen MR) is 78.5 cm³/mol. The quantitative estimate of drug-likeness (QED) is 0.855. The fraction of sp³-hybridized carbons (Fsp3) is 0.625. The third-order valence-corrected chi connectivity index (χ3v) is 4.71. The van der Waals surface area contributed by atoms with E-state index in [4.69, 9.17) is 0 Å². The summed E-state index contributed by atoms with van der Waals surface area (Å²) in [5, 5.41) is 14.4. The second-order valence-electron chi connectivity index (χ2n) is 5.93. The molecular formula is C16H24N2O. The number of nitrogens with one attached hydrogen (secondary N) is 1. The van der Waals surface area contributed by atoms with Crippen LogP contribution in [0.5, 0.6) is 0 Å². The van der Waals surface area contributed by atoms with Crippen LogP contribution in [-0.4, -0.2) is 36.4 Å². The van der Waals surface area contributed by atoms with Crippen molar-refractivity contribution in [3.05, 3.63) is 30.3 Å². The van der Waals surface area contributed by atoms with E-state index < -0.39 is 5.60 Å². The molecule has 0 saturated carbocycles. The molecule has 2 aliphatic rings. The maximum absolute atomic E-state index is 10.9. The molecule has 3 heteroatoms. The van der Waals surface area contributed by atoms with Crippen LogP contribution in [0, 0.1) is 0 Å². The Balaban J connectivity index is 1.62. The summed E-state index contributed by atoms with van der Waals surface area (Å²) in [6.07, 6.45) is 5.38. The van der Waals surface area contributed by atoms with E-state index in [1.165, 1.54) is 18.5 Å². The molecule has 2 saturated heterocycles. The number of hydrogen-bond donors (Lipinski definition) is 2. The van der Waals surface area contributed by atoms with Gasteiger partial charge >= 0.3 is 0 Å². The van der Waals surface area contributed by atoms with E-state index in [0.717, 1.165) is 38.9 Å². The molecule has 0 aromatic heterocycles. The maximum atomic E-state index is 10.9. The molecule has 1 aromatic carbocycles. The van der Waals surface area contributed by atoms with Crippen molar-refractivity contribution in [3.63, 3.8) is 0 Å². The van der Waals surface area contributed by atoms with Gasteiger partial charge in [-0.25, -0.2) is 0 Å². The average molecular weight is 260 g/mol. The molecule has 1 atom stereocenters. The zero-order chi connectivity index (χ0) is 13.1. The van der Waals surface area contributed by atoms with E-state index in [0.29, 0.717) is 6.04 Å². The normalized spacial score (nSPS) is 27.2. The molecule has 2 heterocycles. The maximum Gasteiger partial charge on any atom is 0.0833 e. The van der Waals surface area contributed by atoms with E-state index in [9.17, 15) is 5.11 Å². The molecule has 2 N–H and O–H groups in total. The second-order valence-corrected chi connectivity index (χ2v) is 5.93. The Kier molecular flexibility index (Phi) is 3.76. The largest absolute Gasteiger partial charge is 0.388 e. The van der Waals surface area contributed by atoms with E-state index in [1.807, 2.05) is 0 Å². The second kappa shape index (κ2) is 5.51. The number of hydrogen-bond acceptors (Lipinski definition) is 3. The third kappa shape index (κ3) is 2.77. The van der Waals surface area contributed by atoms with Gasteiger partial charge in [-0.2, -0.15) is 0 Å². The number of para-hydroxylation sites is 1. The first-order chi connectivity index (χ1) is 9.28. The monoisotopic (exact) mass is 260 g/mol. The minimum Gasteiger partial charge on any atom is -0.388 e. The summed E-state index contributed by atoms with van der Waals surface area (Å²) in [6, 6.07) is 10.8. The lowest BCUT2D eigenvalue weighted by Gasteiger charge is -2.45. The van der Waals surface area contributed by atoms with Gasteiger partial charge < -0.3 is 15.3 Å². The van der Waals surface area contributed by atoms with Gasteiger partial charge in [0.25, 0.3) is 0 Å². The number of rotatable bonds is 2. The van der Waals surface area contributed by atoms with Gasteiger partial charge in [0, 0.05) is 24.8 Å². The van der Waals surface area contributed by atoms with Crippen LogP contribution in [0.4, 0.5) is 5.69 Å². The summed E-state index contributed by atoms with van der Waals surface area (Å²) < 4.78 is 0. The SMILES string of the molecule is OC1(C2CCCCN2)CCN(c2ccccc2)CC1. The van der Waals surface area contributed by atoms with E-state index in [-0.39, 0.29) is 0 Å². The lowest BCUT2D eigenvalue weighted by molar-refractivity contribution is -0.0273. The fourth-order valence-electron chi connectivity index (χ4n) is 3.45. The molecule has 19 heavy (non-hydrogen) atoms. The van der Waals surface area contributed by atoms with Crippen molar-refractivity contribution in [1.82, 2.24) is 5.32 Å². The van der Waals surface area contributed by atoms with E-state index >= 15 is 0 Å². The molecular weight excluding hydrogens is 236 g/mol. The van der Waals surface area contributed by atoms with Crippen molar-refractivity contribution in [2.75, 3.05) is 24.5 Å². The average Bonchev–Trinajstić information content (AvgIpc) is 2.50. The van der Waals surface area contributed by atoms with Crippen molar-refractivity contribution in [3.8, 4) is 0 Å². The summed E-state index contributed by atoms with van der Waals surface area (Å²) in [7, 11) is 0. The van der Waals surface area contributed by atoms with Gasteiger partial charge in [-0.15, -0.1) is 0 Å². The van der Waals surface area contributed by atoms with Crippen molar-refractivity contribution in [1.29, 1.82) is 0 Å². The Hall–Kier alpha value is -1.06. The lowest BCUT2D eigenvalue weighted by atomic mass is 9.80. The number of aliphatic hydroxyl groups is 1. The smallest absolute Gasteiger partial charge is 0.0833 e. The molecule has 1 unspecified atom stereocenters. The zero-order valence-corrected chi connectivity index (χ0v) is 11.5. The van der Waals surface area contributed by atoms with Crippen LogP contribution in [0.1, 0.15) is 32.1 Å². The first-order valence-electron chi connectivity index (χ1n) is 7.54. The van der Waals surface area contributed by atoms with Gasteiger partial charge in [-0.1, -0.05) is 24.6 Å². The first-order valence-corrected chi connectivity index (χ1v) is 7.54. The lowest BCUT2D eigenvalue weighted by Crippen LogP contribution is -2.57. The van der Waals surface area contributed by atoms with Crippen LogP contribution in [0.2, 0.25) is 0 Å². The van der Waals surface area contributed by atoms with Crippen LogP contribution in [0.3, 0.4) is 0 Å². The number of benzene rings is 1. The highest BCUT2D eigenvalue weighted by molar-refractivity contribution is 5.46. The number of anilines is 1. The van der Waals surface area contributed by atoms with Gasteiger partial charge in [-0.3, -0.25) is 0 Å². The Morgan fingerprint density at radius 2 is 1.84 bits per heavy atom. The van der Waals surface area contributed by atoms with E-state index in [2.05, 4.69) is 40.5 Å². The molecule has 3 rings (SSSR count). The first kappa shape index (κ1) is 12.9. The standard InChI is InChI=1S/C16H24N2O/c19-16(15-8-4-5-11-17-15)9-12-18(13-10-16)14-6-2-1-3-7-14/h1-3,6-7,15,17,19H,4-5,8-13H2.